The molecule has 0 aliphatic heterocycles. The number of hydrogen-bond donors (Lipinski definition) is 0. The summed E-state index contributed by atoms with van der Waals surface area (Å²) in [6.45, 7) is 0. The van der Waals surface area contributed by atoms with E-state index >= 15 is 0 Å². The van der Waals surface area contributed by atoms with E-state index in [9.17, 15) is 0 Å². The van der Waals surface area contributed by atoms with E-state index in [1.54, 1.807) is 0 Å². The minimum atomic E-state index is 0.902. The Morgan fingerprint density at radius 2 is 0.926 bits per heavy atom. The zero-order valence-corrected chi connectivity index (χ0v) is 29.4. The smallest absolute Gasteiger partial charge is 0.136 e. The van der Waals surface area contributed by atoms with E-state index in [-0.39, 0.29) is 0 Å². The van der Waals surface area contributed by atoms with Gasteiger partial charge < -0.3 is 9.32 Å². The zero-order valence-electron chi connectivity index (χ0n) is 29.4. The third-order valence-electron chi connectivity index (χ3n) is 11.0. The topological polar surface area (TPSA) is 16.4 Å². The average Bonchev–Trinajstić information content (AvgIpc) is 3.63. The first-order valence-corrected chi connectivity index (χ1v) is 18.5. The quantitative estimate of drug-likeness (QED) is 0.168. The molecule has 0 unspecified atom stereocenters. The first kappa shape index (κ1) is 30.5. The fourth-order valence-electron chi connectivity index (χ4n) is 8.46. The Hall–Kier alpha value is -7.16. The maximum absolute atomic E-state index is 6.30. The van der Waals surface area contributed by atoms with Gasteiger partial charge in [0.15, 0.2) is 0 Å². The molecule has 0 amide bonds. The second kappa shape index (κ2) is 12.2. The van der Waals surface area contributed by atoms with Crippen LogP contribution in [0.15, 0.2) is 205 Å². The van der Waals surface area contributed by atoms with Gasteiger partial charge in [0.2, 0.25) is 0 Å². The van der Waals surface area contributed by atoms with Crippen molar-refractivity contribution in [1.29, 1.82) is 0 Å². The summed E-state index contributed by atoms with van der Waals surface area (Å²) in [5.74, 6) is 0. The van der Waals surface area contributed by atoms with Crippen molar-refractivity contribution in [2.45, 2.75) is 0 Å². The standard InChI is InChI=1S/C52H33NO/c1-2-10-34(11-3-1)38-13-8-14-42(33-38)53(48-18-9-17-46-45(48)30-31-50-52(46)47-16-6-7-19-49(47)54-50)41-27-24-35(25-28-41)39-26-29-44-40(32-39)23-22-37-21-20-36-12-4-5-15-43(36)51(37)44/h1-33H. The molecule has 0 saturated carbocycles. The molecule has 11 aromatic rings. The van der Waals surface area contributed by atoms with Crippen LogP contribution in [0.5, 0.6) is 0 Å². The lowest BCUT2D eigenvalue weighted by atomic mass is 9.94. The number of rotatable bonds is 5. The molecule has 0 bridgehead atoms. The molecule has 54 heavy (non-hydrogen) atoms. The predicted molar refractivity (Wildman–Crippen MR) is 229 cm³/mol. The maximum Gasteiger partial charge on any atom is 0.136 e. The summed E-state index contributed by atoms with van der Waals surface area (Å²) in [5, 5.41) is 12.3. The van der Waals surface area contributed by atoms with Crippen molar-refractivity contribution >= 4 is 82.1 Å². The Bertz CT molecular complexity index is 3210. The Balaban J connectivity index is 1.06. The molecule has 0 aliphatic carbocycles. The van der Waals surface area contributed by atoms with Crippen molar-refractivity contribution in [1.82, 2.24) is 0 Å². The third-order valence-corrected chi connectivity index (χ3v) is 11.0. The summed E-state index contributed by atoms with van der Waals surface area (Å²) in [6.07, 6.45) is 0. The van der Waals surface area contributed by atoms with Gasteiger partial charge in [0.25, 0.3) is 0 Å². The van der Waals surface area contributed by atoms with E-state index in [4.69, 9.17) is 4.42 Å². The number of fused-ring (bicyclic) bond motifs is 10. The Labute approximate surface area is 312 Å². The minimum Gasteiger partial charge on any atom is -0.456 e. The van der Waals surface area contributed by atoms with Gasteiger partial charge in [-0.15, -0.1) is 0 Å². The van der Waals surface area contributed by atoms with Gasteiger partial charge >= 0.3 is 0 Å². The zero-order chi connectivity index (χ0) is 35.6. The molecule has 0 fully saturated rings. The second-order valence-corrected chi connectivity index (χ2v) is 14.1. The largest absolute Gasteiger partial charge is 0.456 e. The lowest BCUT2D eigenvalue weighted by Gasteiger charge is -2.27. The highest BCUT2D eigenvalue weighted by molar-refractivity contribution is 6.22. The van der Waals surface area contributed by atoms with Crippen molar-refractivity contribution < 1.29 is 4.42 Å². The molecule has 2 heteroatoms. The Morgan fingerprint density at radius 3 is 1.81 bits per heavy atom. The van der Waals surface area contributed by atoms with Crippen molar-refractivity contribution in [3.05, 3.63) is 200 Å². The molecule has 10 aromatic carbocycles. The third kappa shape index (κ3) is 4.88. The van der Waals surface area contributed by atoms with Gasteiger partial charge in [0, 0.05) is 27.5 Å². The normalized spacial score (nSPS) is 11.7. The van der Waals surface area contributed by atoms with E-state index < -0.39 is 0 Å². The van der Waals surface area contributed by atoms with Crippen LogP contribution in [0.2, 0.25) is 0 Å². The molecule has 0 radical (unpaired) electrons. The van der Waals surface area contributed by atoms with Crippen LogP contribution in [0.3, 0.4) is 0 Å². The van der Waals surface area contributed by atoms with E-state index in [0.717, 1.165) is 39.0 Å². The second-order valence-electron chi connectivity index (χ2n) is 14.1. The molecule has 0 atom stereocenters. The molecule has 0 saturated heterocycles. The summed E-state index contributed by atoms with van der Waals surface area (Å²) in [5.41, 5.74) is 9.86. The van der Waals surface area contributed by atoms with Crippen LogP contribution in [0, 0.1) is 0 Å². The number of nitrogens with zero attached hydrogens (tertiary/aromatic N) is 1. The predicted octanol–water partition coefficient (Wildman–Crippen LogP) is 15.0. The SMILES string of the molecule is c1ccc(-c2cccc(N(c3ccc(-c4ccc5c(ccc6ccc7ccccc7c65)c4)cc3)c3cccc4c3ccc3oc5ccccc5c34)c2)cc1. The molecule has 2 nitrogen and oxygen atoms in total. The monoisotopic (exact) mass is 687 g/mol. The van der Waals surface area contributed by atoms with Gasteiger partial charge in [0.1, 0.15) is 11.2 Å². The fraction of sp³-hybridized carbons (Fsp3) is 0. The van der Waals surface area contributed by atoms with Crippen molar-refractivity contribution in [3.63, 3.8) is 0 Å². The van der Waals surface area contributed by atoms with Crippen molar-refractivity contribution in [2.24, 2.45) is 0 Å². The highest BCUT2D eigenvalue weighted by atomic mass is 16.3. The fourth-order valence-corrected chi connectivity index (χ4v) is 8.46. The van der Waals surface area contributed by atoms with Crippen LogP contribution in [0.1, 0.15) is 0 Å². The maximum atomic E-state index is 6.30. The van der Waals surface area contributed by atoms with Gasteiger partial charge in [-0.2, -0.15) is 0 Å². The molecule has 0 spiro atoms. The molecule has 1 heterocycles. The van der Waals surface area contributed by atoms with E-state index in [2.05, 4.69) is 193 Å². The summed E-state index contributed by atoms with van der Waals surface area (Å²) in [4.78, 5) is 2.39. The molecule has 1 aromatic heterocycles. The molecule has 252 valence electrons. The van der Waals surface area contributed by atoms with Crippen LogP contribution >= 0.6 is 0 Å². The van der Waals surface area contributed by atoms with Crippen LogP contribution in [-0.2, 0) is 0 Å². The molecule has 0 N–H and O–H groups in total. The summed E-state index contributed by atoms with van der Waals surface area (Å²) >= 11 is 0. The van der Waals surface area contributed by atoms with Gasteiger partial charge in [-0.3, -0.25) is 0 Å². The highest BCUT2D eigenvalue weighted by Crippen LogP contribution is 2.44. The van der Waals surface area contributed by atoms with Crippen LogP contribution in [-0.4, -0.2) is 0 Å². The number of hydrogen-bond acceptors (Lipinski definition) is 2. The summed E-state index contributed by atoms with van der Waals surface area (Å²) < 4.78 is 6.30. The van der Waals surface area contributed by atoms with Crippen molar-refractivity contribution in [3.8, 4) is 22.3 Å². The van der Waals surface area contributed by atoms with E-state index in [1.165, 1.54) is 65.3 Å². The van der Waals surface area contributed by atoms with Gasteiger partial charge in [0.05, 0.1) is 5.69 Å². The first-order chi connectivity index (χ1) is 26.8. The van der Waals surface area contributed by atoms with Crippen molar-refractivity contribution in [2.75, 3.05) is 4.90 Å². The lowest BCUT2D eigenvalue weighted by molar-refractivity contribution is 0.669. The number of furan rings is 1. The van der Waals surface area contributed by atoms with Gasteiger partial charge in [-0.1, -0.05) is 146 Å². The number of para-hydroxylation sites is 1. The summed E-state index contributed by atoms with van der Waals surface area (Å²) in [6, 6.07) is 72.3. The number of benzene rings is 10. The van der Waals surface area contributed by atoms with E-state index in [1.807, 2.05) is 12.1 Å². The summed E-state index contributed by atoms with van der Waals surface area (Å²) in [7, 11) is 0. The number of anilines is 3. The van der Waals surface area contributed by atoms with Gasteiger partial charge in [-0.05, 0) is 115 Å². The lowest BCUT2D eigenvalue weighted by Crippen LogP contribution is -2.10. The molecule has 11 rings (SSSR count). The molecular weight excluding hydrogens is 655 g/mol. The van der Waals surface area contributed by atoms with Crippen LogP contribution in [0.25, 0.3) is 87.3 Å². The average molecular weight is 688 g/mol. The molecule has 0 aliphatic rings. The first-order valence-electron chi connectivity index (χ1n) is 18.5. The van der Waals surface area contributed by atoms with Gasteiger partial charge in [-0.25, -0.2) is 0 Å². The molecular formula is C52H33NO. The minimum absolute atomic E-state index is 0.902. The van der Waals surface area contributed by atoms with Crippen LogP contribution in [0.4, 0.5) is 17.1 Å². The van der Waals surface area contributed by atoms with E-state index in [0.29, 0.717) is 0 Å². The Morgan fingerprint density at radius 1 is 0.296 bits per heavy atom. The Kier molecular flexibility index (Phi) is 6.90. The van der Waals surface area contributed by atoms with Crippen LogP contribution < -0.4 is 4.90 Å². The highest BCUT2D eigenvalue weighted by Gasteiger charge is 2.19.